The number of alkyl halides is 3. The third kappa shape index (κ3) is 4.55. The molecular weight excluding hydrogens is 303 g/mol. The number of nitrogens with two attached hydrogens (primary N) is 1. The van der Waals surface area contributed by atoms with E-state index in [0.717, 1.165) is 4.88 Å². The Morgan fingerprint density at radius 3 is 2.63 bits per heavy atom. The van der Waals surface area contributed by atoms with Crippen LogP contribution in [0.1, 0.15) is 17.8 Å². The quantitative estimate of drug-likeness (QED) is 0.338. The molecule has 0 bridgehead atoms. The summed E-state index contributed by atoms with van der Waals surface area (Å²) in [7, 11) is 0. The number of oxime groups is 1. The summed E-state index contributed by atoms with van der Waals surface area (Å²) in [5, 5.41) is 13.5. The molecule has 2 unspecified atom stereocenters. The van der Waals surface area contributed by atoms with Crippen molar-refractivity contribution in [2.24, 2.45) is 16.8 Å². The maximum absolute atomic E-state index is 12.7. The van der Waals surface area contributed by atoms with Gasteiger partial charge in [0.1, 0.15) is 5.92 Å². The van der Waals surface area contributed by atoms with Crippen molar-refractivity contribution in [2.75, 3.05) is 6.54 Å². The van der Waals surface area contributed by atoms with Crippen molar-refractivity contribution in [3.63, 3.8) is 0 Å². The maximum atomic E-state index is 12.7. The van der Waals surface area contributed by atoms with Crippen molar-refractivity contribution < 1.29 is 18.4 Å². The van der Waals surface area contributed by atoms with Crippen LogP contribution in [0.4, 0.5) is 13.2 Å². The Kier molecular flexibility index (Phi) is 5.45. The van der Waals surface area contributed by atoms with E-state index in [0.29, 0.717) is 4.34 Å². The summed E-state index contributed by atoms with van der Waals surface area (Å²) >= 11 is 7.03. The Morgan fingerprint density at radius 1 is 1.58 bits per heavy atom. The average molecular weight is 316 g/mol. The second-order valence-corrected chi connectivity index (χ2v) is 5.64. The van der Waals surface area contributed by atoms with Crippen LogP contribution >= 0.6 is 22.9 Å². The van der Waals surface area contributed by atoms with Crippen LogP contribution in [0.15, 0.2) is 17.3 Å². The molecule has 0 fully saturated rings. The molecule has 0 amide bonds. The summed E-state index contributed by atoms with van der Waals surface area (Å²) in [5.41, 5.74) is 5.05. The van der Waals surface area contributed by atoms with Gasteiger partial charge in [0.15, 0.2) is 5.84 Å². The van der Waals surface area contributed by atoms with Gasteiger partial charge in [-0.25, -0.2) is 0 Å². The highest BCUT2D eigenvalue weighted by molar-refractivity contribution is 7.16. The van der Waals surface area contributed by atoms with E-state index in [2.05, 4.69) is 10.5 Å². The molecule has 0 aliphatic rings. The number of rotatable bonds is 5. The lowest BCUT2D eigenvalue weighted by Gasteiger charge is -2.21. The van der Waals surface area contributed by atoms with Crippen LogP contribution in [0, 0.1) is 5.92 Å². The van der Waals surface area contributed by atoms with Crippen LogP contribution in [-0.4, -0.2) is 23.8 Å². The number of nitrogens with zero attached hydrogens (tertiary/aromatic N) is 1. The van der Waals surface area contributed by atoms with E-state index in [1.54, 1.807) is 19.1 Å². The summed E-state index contributed by atoms with van der Waals surface area (Å²) in [4.78, 5) is 0.811. The maximum Gasteiger partial charge on any atom is 0.400 e. The first-order chi connectivity index (χ1) is 8.75. The molecule has 1 heterocycles. The van der Waals surface area contributed by atoms with Gasteiger partial charge in [-0.05, 0) is 19.1 Å². The summed E-state index contributed by atoms with van der Waals surface area (Å²) in [6.07, 6.45) is -4.57. The first kappa shape index (κ1) is 16.1. The number of hydrogen-bond acceptors (Lipinski definition) is 4. The predicted octanol–water partition coefficient (Wildman–Crippen LogP) is 2.98. The molecule has 0 aromatic carbocycles. The number of nitrogens with one attached hydrogen (secondary N) is 1. The van der Waals surface area contributed by atoms with Crippen LogP contribution in [-0.2, 0) is 0 Å². The minimum absolute atomic E-state index is 0.311. The van der Waals surface area contributed by atoms with E-state index >= 15 is 0 Å². The Morgan fingerprint density at radius 2 is 2.21 bits per heavy atom. The van der Waals surface area contributed by atoms with Gasteiger partial charge in [-0.2, -0.15) is 13.2 Å². The number of thiophene rings is 1. The first-order valence-corrected chi connectivity index (χ1v) is 6.48. The van der Waals surface area contributed by atoms with Crippen LogP contribution in [0.3, 0.4) is 0 Å². The minimum Gasteiger partial charge on any atom is -0.409 e. The van der Waals surface area contributed by atoms with E-state index in [1.807, 2.05) is 0 Å². The number of amidine groups is 1. The van der Waals surface area contributed by atoms with Gasteiger partial charge in [-0.1, -0.05) is 16.8 Å². The Bertz CT molecular complexity index is 449. The monoisotopic (exact) mass is 315 g/mol. The van der Waals surface area contributed by atoms with Crippen molar-refractivity contribution in [1.29, 1.82) is 0 Å². The van der Waals surface area contributed by atoms with E-state index in [4.69, 9.17) is 22.5 Å². The fourth-order valence-electron chi connectivity index (χ4n) is 1.41. The van der Waals surface area contributed by atoms with Gasteiger partial charge < -0.3 is 16.3 Å². The molecule has 1 rings (SSSR count). The lowest BCUT2D eigenvalue weighted by molar-refractivity contribution is -0.155. The third-order valence-corrected chi connectivity index (χ3v) is 3.93. The lowest BCUT2D eigenvalue weighted by Crippen LogP contribution is -2.43. The summed E-state index contributed by atoms with van der Waals surface area (Å²) in [6.45, 7) is 1.23. The van der Waals surface area contributed by atoms with Crippen molar-refractivity contribution in [3.05, 3.63) is 21.3 Å². The molecule has 0 saturated heterocycles. The van der Waals surface area contributed by atoms with Crippen LogP contribution < -0.4 is 11.1 Å². The van der Waals surface area contributed by atoms with Gasteiger partial charge in [0, 0.05) is 17.5 Å². The second-order valence-electron chi connectivity index (χ2n) is 3.89. The number of hydrogen-bond donors (Lipinski definition) is 3. The second kappa shape index (κ2) is 6.44. The van der Waals surface area contributed by atoms with E-state index in [1.165, 1.54) is 11.3 Å². The highest BCUT2D eigenvalue weighted by Crippen LogP contribution is 2.29. The average Bonchev–Trinajstić information content (AvgIpc) is 2.73. The van der Waals surface area contributed by atoms with Gasteiger partial charge in [-0.3, -0.25) is 0 Å². The van der Waals surface area contributed by atoms with Gasteiger partial charge >= 0.3 is 6.18 Å². The molecule has 108 valence electrons. The minimum atomic E-state index is -4.57. The van der Waals surface area contributed by atoms with Gasteiger partial charge in [0.2, 0.25) is 0 Å². The van der Waals surface area contributed by atoms with Crippen molar-refractivity contribution in [2.45, 2.75) is 19.1 Å². The molecule has 4 N–H and O–H groups in total. The molecule has 0 aliphatic carbocycles. The molecule has 0 radical (unpaired) electrons. The summed E-state index contributed by atoms with van der Waals surface area (Å²) < 4.78 is 38.6. The van der Waals surface area contributed by atoms with Gasteiger partial charge in [0.05, 0.1) is 4.34 Å². The van der Waals surface area contributed by atoms with Crippen LogP contribution in [0.5, 0.6) is 0 Å². The van der Waals surface area contributed by atoms with Gasteiger partial charge in [0.25, 0.3) is 0 Å². The number of halogens is 4. The van der Waals surface area contributed by atoms with Crippen molar-refractivity contribution in [3.8, 4) is 0 Å². The molecule has 1 aromatic rings. The molecule has 9 heteroatoms. The molecule has 4 nitrogen and oxygen atoms in total. The zero-order chi connectivity index (χ0) is 14.6. The highest BCUT2D eigenvalue weighted by Gasteiger charge is 2.42. The fourth-order valence-corrected chi connectivity index (χ4v) is 2.50. The Balaban J connectivity index is 2.67. The molecule has 19 heavy (non-hydrogen) atoms. The van der Waals surface area contributed by atoms with Crippen molar-refractivity contribution in [1.82, 2.24) is 5.32 Å². The highest BCUT2D eigenvalue weighted by atomic mass is 35.5. The summed E-state index contributed by atoms with van der Waals surface area (Å²) in [5.74, 6) is -2.90. The zero-order valence-corrected chi connectivity index (χ0v) is 11.5. The Labute approximate surface area is 117 Å². The molecule has 2 atom stereocenters. The Hall–Kier alpha value is -0.990. The molecule has 0 spiro atoms. The topological polar surface area (TPSA) is 70.6 Å². The lowest BCUT2D eigenvalue weighted by atomic mass is 10.1. The van der Waals surface area contributed by atoms with Crippen molar-refractivity contribution >= 4 is 28.8 Å². The fraction of sp³-hybridized carbons (Fsp3) is 0.500. The standard InChI is InChI=1S/C10H13ClF3N3OS/c1-5(7-2-3-8(11)19-7)16-4-6(9(15)17-18)10(12,13)14/h2-3,5-6,16,18H,4H2,1H3,(H2,15,17). The summed E-state index contributed by atoms with van der Waals surface area (Å²) in [6, 6.07) is 3.09. The van der Waals surface area contributed by atoms with E-state index in [9.17, 15) is 13.2 Å². The third-order valence-electron chi connectivity index (χ3n) is 2.52. The van der Waals surface area contributed by atoms with E-state index < -0.39 is 24.5 Å². The first-order valence-electron chi connectivity index (χ1n) is 5.28. The normalized spacial score (nSPS) is 16.4. The smallest absolute Gasteiger partial charge is 0.400 e. The van der Waals surface area contributed by atoms with Gasteiger partial charge in [-0.15, -0.1) is 11.3 Å². The molecular formula is C10H13ClF3N3OS. The largest absolute Gasteiger partial charge is 0.409 e. The van der Waals surface area contributed by atoms with E-state index in [-0.39, 0.29) is 6.04 Å². The van der Waals surface area contributed by atoms with Crippen LogP contribution in [0.2, 0.25) is 4.34 Å². The SMILES string of the molecule is CC(NCC(/C(N)=N/O)C(F)(F)F)c1ccc(Cl)s1. The zero-order valence-electron chi connectivity index (χ0n) is 9.91. The molecule has 0 saturated carbocycles. The predicted molar refractivity (Wildman–Crippen MR) is 68.7 cm³/mol. The molecule has 1 aromatic heterocycles. The molecule has 0 aliphatic heterocycles. The van der Waals surface area contributed by atoms with Crippen LogP contribution in [0.25, 0.3) is 0 Å².